The topological polar surface area (TPSA) is 197 Å². The van der Waals surface area contributed by atoms with Crippen molar-refractivity contribution in [3.05, 3.63) is 36.4 Å². The lowest BCUT2D eigenvalue weighted by Gasteiger charge is -2.43. The fourth-order valence-electron chi connectivity index (χ4n) is 9.08. The zero-order valence-corrected chi connectivity index (χ0v) is 36.5. The Balaban J connectivity index is 1.28. The van der Waals surface area contributed by atoms with E-state index in [0.29, 0.717) is 74.8 Å². The first-order chi connectivity index (χ1) is 28.3. The van der Waals surface area contributed by atoms with Crippen molar-refractivity contribution in [3.8, 4) is 11.6 Å². The SMILES string of the molecule is COc1ccc2c(O[C@@H]3C[C@H]4C(=O)N[C@]5(C(=O)NS(=O)(=O)C6(C)CC6)C[C@H]5/C=C\CC[C@H](C)C[C@@H](C)[C@H](N(C(=O)O)C(C)(C)C)C(=O)N4C3)nc(N3CCOCC3)cc2c1. The van der Waals surface area contributed by atoms with E-state index in [0.717, 1.165) is 11.8 Å². The van der Waals surface area contributed by atoms with E-state index in [4.69, 9.17) is 19.2 Å². The summed E-state index contributed by atoms with van der Waals surface area (Å²) in [6.07, 6.45) is 4.70. The number of hydrogen-bond acceptors (Lipinski definition) is 11. The van der Waals surface area contributed by atoms with Crippen LogP contribution in [0.4, 0.5) is 10.6 Å². The molecule has 328 valence electrons. The number of allylic oxidation sites excluding steroid dienone is 1. The van der Waals surface area contributed by atoms with Gasteiger partial charge in [0.1, 0.15) is 35.3 Å². The van der Waals surface area contributed by atoms with Crippen molar-refractivity contribution in [2.24, 2.45) is 17.8 Å². The molecule has 60 heavy (non-hydrogen) atoms. The van der Waals surface area contributed by atoms with Gasteiger partial charge in [-0.15, -0.1) is 0 Å². The van der Waals surface area contributed by atoms with Crippen LogP contribution in [0, 0.1) is 17.8 Å². The number of ether oxygens (including phenoxy) is 3. The highest BCUT2D eigenvalue weighted by Gasteiger charge is 2.63. The van der Waals surface area contributed by atoms with E-state index in [-0.39, 0.29) is 25.3 Å². The van der Waals surface area contributed by atoms with Crippen molar-refractivity contribution < 1.29 is 46.9 Å². The summed E-state index contributed by atoms with van der Waals surface area (Å²) in [6.45, 7) is 13.0. The zero-order valence-electron chi connectivity index (χ0n) is 35.7. The number of benzene rings is 1. The smallest absolute Gasteiger partial charge is 0.408 e. The molecule has 4 fully saturated rings. The van der Waals surface area contributed by atoms with E-state index in [1.807, 2.05) is 37.3 Å². The van der Waals surface area contributed by atoms with Crippen LogP contribution in [-0.2, 0) is 29.1 Å². The summed E-state index contributed by atoms with van der Waals surface area (Å²) in [7, 11) is -2.44. The van der Waals surface area contributed by atoms with Crippen molar-refractivity contribution in [1.29, 1.82) is 0 Å². The van der Waals surface area contributed by atoms with E-state index in [1.54, 1.807) is 40.9 Å². The summed E-state index contributed by atoms with van der Waals surface area (Å²) in [4.78, 5) is 66.8. The molecule has 2 aliphatic carbocycles. The average Bonchev–Trinajstić information content (AvgIpc) is 4.07. The maximum absolute atomic E-state index is 15.2. The molecule has 2 saturated carbocycles. The fourth-order valence-corrected chi connectivity index (χ4v) is 10.4. The van der Waals surface area contributed by atoms with Gasteiger partial charge in [-0.2, -0.15) is 4.98 Å². The number of hydrogen-bond donors (Lipinski definition) is 3. The monoisotopic (exact) mass is 852 g/mol. The van der Waals surface area contributed by atoms with Gasteiger partial charge in [-0.25, -0.2) is 13.2 Å². The minimum Gasteiger partial charge on any atom is -0.497 e. The number of amides is 4. The first kappa shape index (κ1) is 43.4. The number of carbonyl (C=O) groups excluding carboxylic acids is 3. The van der Waals surface area contributed by atoms with Gasteiger partial charge in [0.05, 0.1) is 31.6 Å². The molecule has 0 radical (unpaired) electrons. The fraction of sp³-hybridized carbons (Fsp3) is 0.651. The van der Waals surface area contributed by atoms with Gasteiger partial charge in [-0.1, -0.05) is 26.0 Å². The zero-order chi connectivity index (χ0) is 43.4. The molecule has 2 aromatic rings. The molecule has 16 nitrogen and oxygen atoms in total. The molecule has 1 aromatic heterocycles. The van der Waals surface area contributed by atoms with Crippen LogP contribution in [0.3, 0.4) is 0 Å². The molecule has 1 aromatic carbocycles. The Bertz CT molecular complexity index is 2150. The third-order valence-electron chi connectivity index (χ3n) is 13.0. The van der Waals surface area contributed by atoms with Gasteiger partial charge in [-0.3, -0.25) is 24.0 Å². The van der Waals surface area contributed by atoms with E-state index in [2.05, 4.69) is 21.9 Å². The molecule has 7 atom stereocenters. The lowest BCUT2D eigenvalue weighted by Crippen LogP contribution is -2.62. The number of methoxy groups -OCH3 is 1. The van der Waals surface area contributed by atoms with Crippen molar-refractivity contribution in [3.63, 3.8) is 0 Å². The third kappa shape index (κ3) is 8.61. The van der Waals surface area contributed by atoms with E-state index < -0.39 is 79.7 Å². The number of morpholine rings is 1. The predicted molar refractivity (Wildman–Crippen MR) is 224 cm³/mol. The normalized spacial score (nSPS) is 30.2. The van der Waals surface area contributed by atoms with Crippen LogP contribution >= 0.6 is 0 Å². The number of aromatic nitrogens is 1. The highest BCUT2D eigenvalue weighted by molar-refractivity contribution is 7.91. The van der Waals surface area contributed by atoms with Crippen LogP contribution in [0.1, 0.15) is 86.5 Å². The standard InChI is InChI=1S/C43H60N6O10S/c1-26-10-8-9-11-29-24-43(29,39(52)46-60(55,56)42(6)14-15-42)45-36(50)33-23-31(25-48(33)38(51)35(27(2)20-26)49(40(53)54)41(3,4)5)59-37-32-13-12-30(57-7)21-28(32)22-34(44-37)47-16-18-58-19-17-47/h9,11-13,21-22,26-27,29,31,33,35H,8,10,14-20,23-25H2,1-7H3,(H,45,50)(H,46,52)(H,53,54)/b11-9-/t26-,27+,29+,31+,33-,35-,43+/m0/s1. The number of carbonyl (C=O) groups is 4. The first-order valence-electron chi connectivity index (χ1n) is 21.1. The number of sulfonamides is 1. The maximum Gasteiger partial charge on any atom is 0.408 e. The lowest BCUT2D eigenvalue weighted by molar-refractivity contribution is -0.146. The van der Waals surface area contributed by atoms with Gasteiger partial charge in [-0.05, 0) is 108 Å². The van der Waals surface area contributed by atoms with E-state index >= 15 is 4.79 Å². The molecule has 3 N–H and O–H groups in total. The number of carboxylic acid groups (broad SMARTS) is 1. The maximum atomic E-state index is 15.2. The largest absolute Gasteiger partial charge is 0.497 e. The second-order valence-corrected chi connectivity index (χ2v) is 20.9. The Kier molecular flexibility index (Phi) is 11.8. The van der Waals surface area contributed by atoms with Crippen molar-refractivity contribution >= 4 is 50.4 Å². The number of fused-ring (bicyclic) bond motifs is 3. The summed E-state index contributed by atoms with van der Waals surface area (Å²) in [5, 5.41) is 15.1. The summed E-state index contributed by atoms with van der Waals surface area (Å²) in [5.41, 5.74) is -2.56. The second-order valence-electron chi connectivity index (χ2n) is 18.7. The lowest BCUT2D eigenvalue weighted by atomic mass is 9.85. The molecule has 4 amide bonds. The molecular weight excluding hydrogens is 793 g/mol. The molecule has 7 rings (SSSR count). The first-order valence-corrected chi connectivity index (χ1v) is 22.6. The Morgan fingerprint density at radius 1 is 1.10 bits per heavy atom. The predicted octanol–water partition coefficient (Wildman–Crippen LogP) is 4.46. The number of anilines is 1. The van der Waals surface area contributed by atoms with Gasteiger partial charge in [0.15, 0.2) is 0 Å². The van der Waals surface area contributed by atoms with Crippen LogP contribution in [0.2, 0.25) is 0 Å². The molecule has 3 aliphatic heterocycles. The van der Waals surface area contributed by atoms with Crippen LogP contribution in [0.15, 0.2) is 36.4 Å². The van der Waals surface area contributed by atoms with Crippen LogP contribution in [0.25, 0.3) is 10.8 Å². The van der Waals surface area contributed by atoms with Gasteiger partial charge < -0.3 is 34.4 Å². The summed E-state index contributed by atoms with van der Waals surface area (Å²) < 4.78 is 45.7. The minimum atomic E-state index is -4.03. The van der Waals surface area contributed by atoms with Crippen molar-refractivity contribution in [2.75, 3.05) is 44.9 Å². The molecule has 5 aliphatic rings. The number of pyridine rings is 1. The van der Waals surface area contributed by atoms with Crippen molar-refractivity contribution in [1.82, 2.24) is 24.8 Å². The van der Waals surface area contributed by atoms with Gasteiger partial charge >= 0.3 is 6.09 Å². The van der Waals surface area contributed by atoms with Crippen molar-refractivity contribution in [2.45, 2.75) is 121 Å². The number of nitrogens with one attached hydrogen (secondary N) is 2. The Labute approximate surface area is 352 Å². The van der Waals surface area contributed by atoms with Crippen LogP contribution < -0.4 is 24.4 Å². The van der Waals surface area contributed by atoms with Crippen LogP contribution in [0.5, 0.6) is 11.6 Å². The van der Waals surface area contributed by atoms with Crippen LogP contribution in [-0.4, -0.2) is 126 Å². The summed E-state index contributed by atoms with van der Waals surface area (Å²) >= 11 is 0. The van der Waals surface area contributed by atoms with E-state index in [9.17, 15) is 27.9 Å². The molecule has 0 spiro atoms. The Morgan fingerprint density at radius 2 is 1.82 bits per heavy atom. The van der Waals surface area contributed by atoms with Gasteiger partial charge in [0.25, 0.3) is 5.91 Å². The molecule has 2 saturated heterocycles. The second kappa shape index (κ2) is 16.3. The molecule has 17 heteroatoms. The van der Waals surface area contributed by atoms with Gasteiger partial charge in [0, 0.05) is 36.4 Å². The molecule has 0 unspecified atom stereocenters. The Morgan fingerprint density at radius 3 is 2.47 bits per heavy atom. The summed E-state index contributed by atoms with van der Waals surface area (Å²) in [6, 6.07) is 5.13. The molecule has 4 heterocycles. The molecule has 0 bridgehead atoms. The summed E-state index contributed by atoms with van der Waals surface area (Å²) in [5.74, 6) is -1.25. The third-order valence-corrected chi connectivity index (χ3v) is 15.2. The van der Waals surface area contributed by atoms with E-state index in [1.165, 1.54) is 9.80 Å². The number of nitrogens with zero attached hydrogens (tertiary/aromatic N) is 4. The number of rotatable bonds is 8. The quantitative estimate of drug-likeness (QED) is 0.316. The highest BCUT2D eigenvalue weighted by atomic mass is 32.2. The highest BCUT2D eigenvalue weighted by Crippen LogP contribution is 2.48. The minimum absolute atomic E-state index is 0.00660. The van der Waals surface area contributed by atoms with Gasteiger partial charge in [0.2, 0.25) is 27.7 Å². The Hall–Kier alpha value is -4.64. The molecular formula is C43H60N6O10S. The average molecular weight is 853 g/mol.